The average molecular weight is 286 g/mol. The Morgan fingerprint density at radius 2 is 1.83 bits per heavy atom. The molecular weight excluding hydrogens is 270 g/mol. The quantitative estimate of drug-likeness (QED) is 0.832. The minimum Gasteiger partial charge on any atom is -0.222 e. The Balaban J connectivity index is 3.29. The smallest absolute Gasteiger partial charge is 0.196 e. The van der Waals surface area contributed by atoms with Crippen molar-refractivity contribution in [3.63, 3.8) is 0 Å². The number of benzene rings is 1. The van der Waals surface area contributed by atoms with Crippen molar-refractivity contribution < 1.29 is 8.42 Å². The van der Waals surface area contributed by atoms with E-state index < -0.39 is 15.1 Å². The second kappa shape index (κ2) is 6.21. The van der Waals surface area contributed by atoms with Gasteiger partial charge in [0.2, 0.25) is 0 Å². The van der Waals surface area contributed by atoms with Gasteiger partial charge in [-0.3, -0.25) is 0 Å². The monoisotopic (exact) mass is 285 g/mol. The minimum absolute atomic E-state index is 0.0464. The summed E-state index contributed by atoms with van der Waals surface area (Å²) in [5.74, 6) is -0.170. The summed E-state index contributed by atoms with van der Waals surface area (Å²) in [5.41, 5.74) is 0. The van der Waals surface area contributed by atoms with E-state index in [1.54, 1.807) is 12.1 Å². The fourth-order valence-corrected chi connectivity index (χ4v) is 4.33. The molecule has 0 fully saturated rings. The van der Waals surface area contributed by atoms with Gasteiger partial charge in [0.15, 0.2) is 15.1 Å². The van der Waals surface area contributed by atoms with Gasteiger partial charge in [0.05, 0.1) is 16.0 Å². The van der Waals surface area contributed by atoms with Crippen LogP contribution >= 0.6 is 11.6 Å². The van der Waals surface area contributed by atoms with Crippen molar-refractivity contribution in [2.75, 3.05) is 0 Å². The molecule has 0 spiro atoms. The maximum atomic E-state index is 12.4. The lowest BCUT2D eigenvalue weighted by atomic mass is 10.0. The molecule has 0 aliphatic rings. The molecular formula is C13H16ClNO2S. The first-order valence-electron chi connectivity index (χ1n) is 5.87. The largest absolute Gasteiger partial charge is 0.222 e. The van der Waals surface area contributed by atoms with E-state index in [9.17, 15) is 13.7 Å². The Hall–Kier alpha value is -1.05. The lowest BCUT2D eigenvalue weighted by Gasteiger charge is -2.19. The second-order valence-corrected chi connectivity index (χ2v) is 6.55. The van der Waals surface area contributed by atoms with E-state index >= 15 is 0 Å². The summed E-state index contributed by atoms with van der Waals surface area (Å²) in [6.45, 7) is 3.78. The topological polar surface area (TPSA) is 57.9 Å². The molecule has 1 unspecified atom stereocenters. The molecule has 0 aromatic heterocycles. The Morgan fingerprint density at radius 3 is 2.28 bits per heavy atom. The molecule has 98 valence electrons. The van der Waals surface area contributed by atoms with Crippen molar-refractivity contribution in [1.29, 1.82) is 5.26 Å². The minimum atomic E-state index is -3.70. The summed E-state index contributed by atoms with van der Waals surface area (Å²) in [6, 6.07) is 8.17. The summed E-state index contributed by atoms with van der Waals surface area (Å²) in [5, 5.41) is 8.31. The van der Waals surface area contributed by atoms with Crippen LogP contribution in [0.5, 0.6) is 0 Å². The SMILES string of the molecule is CCC(CC)C(C#N)S(=O)(=O)c1ccccc1Cl. The highest BCUT2D eigenvalue weighted by Crippen LogP contribution is 2.29. The van der Waals surface area contributed by atoms with E-state index in [0.29, 0.717) is 12.8 Å². The van der Waals surface area contributed by atoms with Gasteiger partial charge < -0.3 is 0 Å². The number of nitrogens with zero attached hydrogens (tertiary/aromatic N) is 1. The van der Waals surface area contributed by atoms with Crippen LogP contribution in [0.3, 0.4) is 0 Å². The molecule has 1 aromatic rings. The van der Waals surface area contributed by atoms with Crippen molar-refractivity contribution in [3.8, 4) is 6.07 Å². The highest BCUT2D eigenvalue weighted by molar-refractivity contribution is 7.92. The first-order chi connectivity index (χ1) is 8.48. The molecule has 0 aliphatic carbocycles. The summed E-state index contributed by atoms with van der Waals surface area (Å²) < 4.78 is 24.9. The van der Waals surface area contributed by atoms with Crippen LogP contribution in [0.25, 0.3) is 0 Å². The molecule has 0 radical (unpaired) electrons. The molecule has 0 bridgehead atoms. The molecule has 0 aliphatic heterocycles. The maximum absolute atomic E-state index is 12.4. The normalized spacial score (nSPS) is 13.3. The standard InChI is InChI=1S/C13H16ClNO2S/c1-3-10(4-2)13(9-15)18(16,17)12-8-6-5-7-11(12)14/h5-8,10,13H,3-4H2,1-2H3. The van der Waals surface area contributed by atoms with Crippen LogP contribution in [-0.2, 0) is 9.84 Å². The van der Waals surface area contributed by atoms with E-state index in [0.717, 1.165) is 0 Å². The van der Waals surface area contributed by atoms with Gasteiger partial charge in [-0.05, 0) is 18.1 Å². The summed E-state index contributed by atoms with van der Waals surface area (Å²) >= 11 is 5.91. The van der Waals surface area contributed by atoms with Crippen LogP contribution in [0.15, 0.2) is 29.2 Å². The lowest BCUT2D eigenvalue weighted by molar-refractivity contribution is 0.486. The van der Waals surface area contributed by atoms with Crippen molar-refractivity contribution in [1.82, 2.24) is 0 Å². The van der Waals surface area contributed by atoms with Gasteiger partial charge in [0.25, 0.3) is 0 Å². The first kappa shape index (κ1) is 15.0. The molecule has 0 heterocycles. The molecule has 0 saturated carbocycles. The fourth-order valence-electron chi connectivity index (χ4n) is 1.96. The first-order valence-corrected chi connectivity index (χ1v) is 7.79. The number of rotatable bonds is 5. The number of nitriles is 1. The summed E-state index contributed by atoms with van der Waals surface area (Å²) in [4.78, 5) is 0.0464. The average Bonchev–Trinajstić information content (AvgIpc) is 2.35. The Labute approximate surface area is 113 Å². The van der Waals surface area contributed by atoms with Crippen molar-refractivity contribution in [3.05, 3.63) is 29.3 Å². The van der Waals surface area contributed by atoms with E-state index in [-0.39, 0.29) is 15.8 Å². The molecule has 0 saturated heterocycles. The Bertz CT molecular complexity index is 544. The molecule has 5 heteroatoms. The number of hydrogen-bond donors (Lipinski definition) is 0. The summed E-state index contributed by atoms with van der Waals surface area (Å²) in [6.07, 6.45) is 1.30. The molecule has 1 rings (SSSR count). The molecule has 1 aromatic carbocycles. The van der Waals surface area contributed by atoms with E-state index in [1.807, 2.05) is 19.9 Å². The van der Waals surface area contributed by atoms with Gasteiger partial charge in [-0.15, -0.1) is 0 Å². The van der Waals surface area contributed by atoms with Crippen molar-refractivity contribution in [2.45, 2.75) is 36.8 Å². The molecule has 0 N–H and O–H groups in total. The van der Waals surface area contributed by atoms with Crippen LogP contribution in [0, 0.1) is 17.2 Å². The Morgan fingerprint density at radius 1 is 1.28 bits per heavy atom. The lowest BCUT2D eigenvalue weighted by Crippen LogP contribution is -2.28. The van der Waals surface area contributed by atoms with Crippen molar-refractivity contribution in [2.24, 2.45) is 5.92 Å². The number of sulfone groups is 1. The van der Waals surface area contributed by atoms with E-state index in [2.05, 4.69) is 0 Å². The zero-order valence-electron chi connectivity index (χ0n) is 10.4. The van der Waals surface area contributed by atoms with Crippen LogP contribution in [0.4, 0.5) is 0 Å². The third-order valence-electron chi connectivity index (χ3n) is 3.08. The van der Waals surface area contributed by atoms with Crippen LogP contribution in [0.2, 0.25) is 5.02 Å². The number of hydrogen-bond acceptors (Lipinski definition) is 3. The van der Waals surface area contributed by atoms with Gasteiger partial charge in [-0.1, -0.05) is 50.4 Å². The second-order valence-electron chi connectivity index (χ2n) is 4.10. The van der Waals surface area contributed by atoms with Crippen LogP contribution in [0.1, 0.15) is 26.7 Å². The van der Waals surface area contributed by atoms with E-state index in [1.165, 1.54) is 12.1 Å². The van der Waals surface area contributed by atoms with Gasteiger partial charge >= 0.3 is 0 Å². The van der Waals surface area contributed by atoms with Crippen LogP contribution < -0.4 is 0 Å². The molecule has 1 atom stereocenters. The highest BCUT2D eigenvalue weighted by atomic mass is 35.5. The third-order valence-corrected chi connectivity index (χ3v) is 5.65. The molecule has 0 amide bonds. The highest BCUT2D eigenvalue weighted by Gasteiger charge is 2.34. The predicted molar refractivity (Wildman–Crippen MR) is 72.1 cm³/mol. The third kappa shape index (κ3) is 2.85. The fraction of sp³-hybridized carbons (Fsp3) is 0.462. The molecule has 18 heavy (non-hydrogen) atoms. The van der Waals surface area contributed by atoms with Gasteiger partial charge in [0.1, 0.15) is 0 Å². The summed E-state index contributed by atoms with van der Waals surface area (Å²) in [7, 11) is -3.70. The Kier molecular flexibility index (Phi) is 5.18. The molecule has 3 nitrogen and oxygen atoms in total. The predicted octanol–water partition coefficient (Wildman–Crippen LogP) is 3.44. The van der Waals surface area contributed by atoms with Gasteiger partial charge in [0, 0.05) is 0 Å². The zero-order valence-corrected chi connectivity index (χ0v) is 12.0. The number of halogens is 1. The van der Waals surface area contributed by atoms with Crippen molar-refractivity contribution >= 4 is 21.4 Å². The van der Waals surface area contributed by atoms with Gasteiger partial charge in [-0.2, -0.15) is 5.26 Å². The zero-order chi connectivity index (χ0) is 13.8. The van der Waals surface area contributed by atoms with E-state index in [4.69, 9.17) is 11.6 Å². The van der Waals surface area contributed by atoms with Crippen LogP contribution in [-0.4, -0.2) is 13.7 Å². The maximum Gasteiger partial charge on any atom is 0.196 e. The van der Waals surface area contributed by atoms with Gasteiger partial charge in [-0.25, -0.2) is 8.42 Å².